The maximum Gasteiger partial charge on any atom is 0.269 e. The van der Waals surface area contributed by atoms with Gasteiger partial charge in [-0.05, 0) is 25.8 Å². The van der Waals surface area contributed by atoms with Gasteiger partial charge in [-0.25, -0.2) is 4.98 Å². The molecule has 0 aliphatic heterocycles. The van der Waals surface area contributed by atoms with E-state index in [1.807, 2.05) is 18.4 Å². The molecule has 20 heavy (non-hydrogen) atoms. The van der Waals surface area contributed by atoms with Gasteiger partial charge in [0.15, 0.2) is 0 Å². The molecule has 0 saturated carbocycles. The second-order valence-corrected chi connectivity index (χ2v) is 5.37. The highest BCUT2D eigenvalue weighted by Crippen LogP contribution is 2.17. The fourth-order valence-electron chi connectivity index (χ4n) is 2.07. The number of nitrogens with two attached hydrogens (primary N) is 1. The molecular formula is C14H18N4O2. The molecule has 0 radical (unpaired) electrons. The van der Waals surface area contributed by atoms with Gasteiger partial charge in [-0.1, -0.05) is 12.1 Å². The lowest BCUT2D eigenvalue weighted by Gasteiger charge is -2.20. The average molecular weight is 274 g/mol. The topological polar surface area (TPSA) is 87.0 Å². The number of imidazole rings is 1. The number of hydrogen-bond acceptors (Lipinski definition) is 4. The van der Waals surface area contributed by atoms with Crippen molar-refractivity contribution < 1.29 is 4.92 Å². The molecule has 6 nitrogen and oxygen atoms in total. The number of nitro benzene ring substituents is 1. The Hall–Kier alpha value is -2.21. The lowest BCUT2D eigenvalue weighted by atomic mass is 10.0. The molecular weight excluding hydrogens is 256 g/mol. The van der Waals surface area contributed by atoms with Gasteiger partial charge in [-0.15, -0.1) is 0 Å². The van der Waals surface area contributed by atoms with E-state index in [2.05, 4.69) is 4.98 Å². The molecule has 2 rings (SSSR count). The summed E-state index contributed by atoms with van der Waals surface area (Å²) in [6.07, 6.45) is 4.31. The van der Waals surface area contributed by atoms with Crippen LogP contribution in [0.3, 0.4) is 0 Å². The summed E-state index contributed by atoms with van der Waals surface area (Å²) in [4.78, 5) is 14.3. The molecule has 0 bridgehead atoms. The van der Waals surface area contributed by atoms with Gasteiger partial charge < -0.3 is 10.3 Å². The van der Waals surface area contributed by atoms with Crippen LogP contribution in [-0.4, -0.2) is 14.5 Å². The molecule has 0 atom stereocenters. The molecule has 0 aliphatic rings. The Balaban J connectivity index is 2.06. The van der Waals surface area contributed by atoms with Crippen molar-refractivity contribution in [3.63, 3.8) is 0 Å². The predicted octanol–water partition coefficient (Wildman–Crippen LogP) is 2.23. The van der Waals surface area contributed by atoms with Crippen molar-refractivity contribution in [1.82, 2.24) is 9.55 Å². The summed E-state index contributed by atoms with van der Waals surface area (Å²) in [6, 6.07) is 6.61. The summed E-state index contributed by atoms with van der Waals surface area (Å²) < 4.78 is 2.02. The Morgan fingerprint density at radius 1 is 1.35 bits per heavy atom. The molecule has 1 aromatic carbocycles. The number of hydrogen-bond donors (Lipinski definition) is 1. The quantitative estimate of drug-likeness (QED) is 0.669. The first kappa shape index (κ1) is 14.2. The third-order valence-corrected chi connectivity index (χ3v) is 3.16. The maximum absolute atomic E-state index is 10.6. The van der Waals surface area contributed by atoms with E-state index >= 15 is 0 Å². The van der Waals surface area contributed by atoms with E-state index in [4.69, 9.17) is 5.73 Å². The van der Waals surface area contributed by atoms with Crippen molar-refractivity contribution in [1.29, 1.82) is 0 Å². The number of rotatable bonds is 5. The van der Waals surface area contributed by atoms with Gasteiger partial charge in [0, 0.05) is 24.9 Å². The molecule has 2 aromatic rings. The smallest absolute Gasteiger partial charge is 0.269 e. The van der Waals surface area contributed by atoms with Crippen LogP contribution in [0.1, 0.15) is 25.1 Å². The molecule has 0 spiro atoms. The fourth-order valence-corrected chi connectivity index (χ4v) is 2.07. The van der Waals surface area contributed by atoms with Crippen LogP contribution in [0.15, 0.2) is 36.8 Å². The summed E-state index contributed by atoms with van der Waals surface area (Å²) >= 11 is 0. The van der Waals surface area contributed by atoms with Gasteiger partial charge in [-0.2, -0.15) is 0 Å². The number of aryl methyl sites for hydroxylation is 2. The Morgan fingerprint density at radius 2 is 2.00 bits per heavy atom. The molecule has 106 valence electrons. The first-order chi connectivity index (χ1) is 9.38. The molecule has 6 heteroatoms. The van der Waals surface area contributed by atoms with Crippen LogP contribution < -0.4 is 5.73 Å². The summed E-state index contributed by atoms with van der Waals surface area (Å²) in [7, 11) is 0. The summed E-state index contributed by atoms with van der Waals surface area (Å²) in [5.41, 5.74) is 7.78. The highest BCUT2D eigenvalue weighted by atomic mass is 16.6. The second kappa shape index (κ2) is 5.42. The molecule has 0 amide bonds. The van der Waals surface area contributed by atoms with Gasteiger partial charge >= 0.3 is 0 Å². The first-order valence-electron chi connectivity index (χ1n) is 6.41. The Morgan fingerprint density at radius 3 is 2.55 bits per heavy atom. The van der Waals surface area contributed by atoms with Crippen molar-refractivity contribution in [3.05, 3.63) is 58.2 Å². The van der Waals surface area contributed by atoms with Crippen LogP contribution in [0, 0.1) is 10.1 Å². The molecule has 0 unspecified atom stereocenters. The summed E-state index contributed by atoms with van der Waals surface area (Å²) in [5.74, 6) is 0. The van der Waals surface area contributed by atoms with E-state index in [0.717, 1.165) is 24.2 Å². The minimum absolute atomic E-state index is 0.111. The van der Waals surface area contributed by atoms with Crippen LogP contribution >= 0.6 is 0 Å². The Kier molecular flexibility index (Phi) is 3.85. The predicted molar refractivity (Wildman–Crippen MR) is 76.2 cm³/mol. The zero-order valence-corrected chi connectivity index (χ0v) is 11.6. The monoisotopic (exact) mass is 274 g/mol. The minimum atomic E-state index is -0.439. The number of nitrogens with zero attached hydrogens (tertiary/aromatic N) is 3. The van der Waals surface area contributed by atoms with E-state index in [9.17, 15) is 10.1 Å². The maximum atomic E-state index is 10.6. The number of aromatic nitrogens is 2. The van der Waals surface area contributed by atoms with Crippen LogP contribution in [0.2, 0.25) is 0 Å². The van der Waals surface area contributed by atoms with Crippen molar-refractivity contribution >= 4 is 5.69 Å². The van der Waals surface area contributed by atoms with E-state index < -0.39 is 10.5 Å². The van der Waals surface area contributed by atoms with Crippen molar-refractivity contribution in [2.24, 2.45) is 5.73 Å². The summed E-state index contributed by atoms with van der Waals surface area (Å²) in [5, 5.41) is 10.6. The lowest BCUT2D eigenvalue weighted by molar-refractivity contribution is -0.384. The van der Waals surface area contributed by atoms with Crippen LogP contribution in [-0.2, 0) is 18.5 Å². The van der Waals surface area contributed by atoms with Gasteiger partial charge in [0.05, 0.1) is 22.5 Å². The van der Waals surface area contributed by atoms with Gasteiger partial charge in [0.2, 0.25) is 0 Å². The standard InChI is InChI=1S/C14H18N4O2/c1-14(2,15)13-9-16-10-17(13)8-7-11-3-5-12(6-4-11)18(19)20/h3-6,9-10H,7-8,15H2,1-2H3. The SMILES string of the molecule is CC(C)(N)c1cncn1CCc1ccc([N+](=O)[O-])cc1. The molecule has 2 N–H and O–H groups in total. The normalized spacial score (nSPS) is 11.6. The highest BCUT2D eigenvalue weighted by Gasteiger charge is 2.18. The van der Waals surface area contributed by atoms with E-state index in [-0.39, 0.29) is 5.69 Å². The van der Waals surface area contributed by atoms with Crippen molar-refractivity contribution in [3.8, 4) is 0 Å². The Labute approximate surface area is 117 Å². The fraction of sp³-hybridized carbons (Fsp3) is 0.357. The molecule has 0 saturated heterocycles. The van der Waals surface area contributed by atoms with Crippen LogP contribution in [0.4, 0.5) is 5.69 Å². The second-order valence-electron chi connectivity index (χ2n) is 5.37. The van der Waals surface area contributed by atoms with E-state index in [1.165, 1.54) is 12.1 Å². The summed E-state index contributed by atoms with van der Waals surface area (Å²) in [6.45, 7) is 4.62. The zero-order valence-electron chi connectivity index (χ0n) is 11.6. The Bertz CT molecular complexity index is 596. The number of non-ortho nitro benzene ring substituents is 1. The van der Waals surface area contributed by atoms with Crippen molar-refractivity contribution in [2.45, 2.75) is 32.4 Å². The first-order valence-corrected chi connectivity index (χ1v) is 6.41. The molecule has 1 heterocycles. The lowest BCUT2D eigenvalue weighted by Crippen LogP contribution is -2.31. The largest absolute Gasteiger partial charge is 0.333 e. The third-order valence-electron chi connectivity index (χ3n) is 3.16. The van der Waals surface area contributed by atoms with Crippen molar-refractivity contribution in [2.75, 3.05) is 0 Å². The van der Waals surface area contributed by atoms with Gasteiger partial charge in [0.1, 0.15) is 0 Å². The minimum Gasteiger partial charge on any atom is -0.333 e. The van der Waals surface area contributed by atoms with Gasteiger partial charge in [-0.3, -0.25) is 10.1 Å². The van der Waals surface area contributed by atoms with Gasteiger partial charge in [0.25, 0.3) is 5.69 Å². The van der Waals surface area contributed by atoms with E-state index in [0.29, 0.717) is 0 Å². The molecule has 0 aliphatic carbocycles. The molecule has 1 aromatic heterocycles. The zero-order chi connectivity index (χ0) is 14.8. The highest BCUT2D eigenvalue weighted by molar-refractivity contribution is 5.32. The van der Waals surface area contributed by atoms with Crippen LogP contribution in [0.25, 0.3) is 0 Å². The third kappa shape index (κ3) is 3.21. The molecule has 0 fully saturated rings. The average Bonchev–Trinajstić information content (AvgIpc) is 2.85. The van der Waals surface area contributed by atoms with E-state index in [1.54, 1.807) is 24.7 Å². The number of benzene rings is 1. The van der Waals surface area contributed by atoms with Crippen LogP contribution in [0.5, 0.6) is 0 Å². The number of nitro groups is 1.